The largest absolute Gasteiger partial charge is 0.480 e. The number of halogens is 1. The fraction of sp³-hybridized carbons (Fsp3) is 0.533. The Hall–Kier alpha value is -1.11. The Labute approximate surface area is 134 Å². The minimum atomic E-state index is -0.552. The Morgan fingerprint density at radius 2 is 2.24 bits per heavy atom. The van der Waals surface area contributed by atoms with Gasteiger partial charge in [-0.3, -0.25) is 4.79 Å². The summed E-state index contributed by atoms with van der Waals surface area (Å²) in [5.74, 6) is 0.513. The molecule has 0 aromatic heterocycles. The van der Waals surface area contributed by atoms with Crippen molar-refractivity contribution in [1.29, 1.82) is 0 Å². The number of hydrogen-bond donors (Lipinski definition) is 2. The third-order valence-corrected chi connectivity index (χ3v) is 3.55. The van der Waals surface area contributed by atoms with Gasteiger partial charge in [0.15, 0.2) is 6.10 Å². The molecule has 0 bridgehead atoms. The summed E-state index contributed by atoms with van der Waals surface area (Å²) in [6.07, 6.45) is 1.05. The van der Waals surface area contributed by atoms with Crippen molar-refractivity contribution in [2.45, 2.75) is 25.9 Å². The number of nitrogens with two attached hydrogens (primary N) is 1. The maximum atomic E-state index is 11.9. The van der Waals surface area contributed by atoms with E-state index in [0.717, 1.165) is 22.9 Å². The minimum absolute atomic E-state index is 0.135. The van der Waals surface area contributed by atoms with Crippen LogP contribution in [0.5, 0.6) is 5.75 Å². The fourth-order valence-corrected chi connectivity index (χ4v) is 2.30. The van der Waals surface area contributed by atoms with Gasteiger partial charge in [-0.1, -0.05) is 6.07 Å². The van der Waals surface area contributed by atoms with Crippen molar-refractivity contribution in [2.24, 2.45) is 5.73 Å². The van der Waals surface area contributed by atoms with E-state index in [1.165, 1.54) is 0 Å². The van der Waals surface area contributed by atoms with Crippen molar-refractivity contribution in [3.8, 4) is 5.75 Å². The number of ether oxygens (including phenoxy) is 2. The van der Waals surface area contributed by atoms with Crippen LogP contribution in [-0.2, 0) is 16.0 Å². The maximum absolute atomic E-state index is 11.9. The molecule has 1 aromatic carbocycles. The highest BCUT2D eigenvalue weighted by Crippen LogP contribution is 2.27. The van der Waals surface area contributed by atoms with Crippen LogP contribution in [0, 0.1) is 0 Å². The lowest BCUT2D eigenvalue weighted by Crippen LogP contribution is -2.37. The van der Waals surface area contributed by atoms with Gasteiger partial charge in [0.2, 0.25) is 0 Å². The Kier molecular flexibility index (Phi) is 8.34. The number of benzene rings is 1. The molecular weight excluding hydrogens is 336 g/mol. The smallest absolute Gasteiger partial charge is 0.260 e. The summed E-state index contributed by atoms with van der Waals surface area (Å²) < 4.78 is 11.4. The molecule has 1 amide bonds. The van der Waals surface area contributed by atoms with Gasteiger partial charge in [0.25, 0.3) is 5.91 Å². The molecule has 0 saturated carbocycles. The van der Waals surface area contributed by atoms with Crippen molar-refractivity contribution in [1.82, 2.24) is 5.32 Å². The highest BCUT2D eigenvalue weighted by Gasteiger charge is 2.15. The monoisotopic (exact) mass is 358 g/mol. The fourth-order valence-electron chi connectivity index (χ4n) is 1.78. The molecule has 0 aliphatic rings. The molecule has 1 aromatic rings. The van der Waals surface area contributed by atoms with Crippen molar-refractivity contribution in [3.63, 3.8) is 0 Å². The SMILES string of the molecule is COCCCNC(=O)C(C)Oc1ccc(CCN)cc1Br. The molecule has 3 N–H and O–H groups in total. The van der Waals surface area contributed by atoms with Crippen molar-refractivity contribution >= 4 is 21.8 Å². The summed E-state index contributed by atoms with van der Waals surface area (Å²) in [6, 6.07) is 5.77. The normalized spacial score (nSPS) is 12.0. The van der Waals surface area contributed by atoms with E-state index in [-0.39, 0.29) is 5.91 Å². The van der Waals surface area contributed by atoms with Crippen LogP contribution < -0.4 is 15.8 Å². The number of rotatable bonds is 9. The third-order valence-electron chi connectivity index (χ3n) is 2.93. The molecule has 0 spiro atoms. The van der Waals surface area contributed by atoms with Gasteiger partial charge in [0, 0.05) is 20.3 Å². The molecule has 5 nitrogen and oxygen atoms in total. The number of carbonyl (C=O) groups is 1. The Morgan fingerprint density at radius 3 is 2.86 bits per heavy atom. The van der Waals surface area contributed by atoms with Crippen LogP contribution in [0.25, 0.3) is 0 Å². The highest BCUT2D eigenvalue weighted by atomic mass is 79.9. The zero-order valence-electron chi connectivity index (χ0n) is 12.5. The quantitative estimate of drug-likeness (QED) is 0.661. The lowest BCUT2D eigenvalue weighted by atomic mass is 10.1. The van der Waals surface area contributed by atoms with Gasteiger partial charge in [-0.05, 0) is 59.9 Å². The van der Waals surface area contributed by atoms with Gasteiger partial charge >= 0.3 is 0 Å². The molecule has 6 heteroatoms. The maximum Gasteiger partial charge on any atom is 0.260 e. The molecular formula is C15H23BrN2O3. The highest BCUT2D eigenvalue weighted by molar-refractivity contribution is 9.10. The summed E-state index contributed by atoms with van der Waals surface area (Å²) in [4.78, 5) is 11.9. The van der Waals surface area contributed by atoms with Crippen molar-refractivity contribution in [2.75, 3.05) is 26.8 Å². The van der Waals surface area contributed by atoms with Gasteiger partial charge in [-0.25, -0.2) is 0 Å². The molecule has 0 radical (unpaired) electrons. The third kappa shape index (κ3) is 6.46. The second-order valence-corrected chi connectivity index (χ2v) is 5.56. The van der Waals surface area contributed by atoms with Gasteiger partial charge in [0.1, 0.15) is 5.75 Å². The molecule has 1 unspecified atom stereocenters. The average Bonchev–Trinajstić information content (AvgIpc) is 2.46. The second-order valence-electron chi connectivity index (χ2n) is 4.70. The van der Waals surface area contributed by atoms with Crippen molar-refractivity contribution < 1.29 is 14.3 Å². The summed E-state index contributed by atoms with van der Waals surface area (Å²) in [7, 11) is 1.64. The molecule has 118 valence electrons. The van der Waals surface area contributed by atoms with Gasteiger partial charge in [-0.2, -0.15) is 0 Å². The van der Waals surface area contributed by atoms with E-state index in [0.29, 0.717) is 25.4 Å². The van der Waals surface area contributed by atoms with Crippen LogP contribution in [0.15, 0.2) is 22.7 Å². The first kappa shape index (κ1) is 17.9. The van der Waals surface area contributed by atoms with Crippen molar-refractivity contribution in [3.05, 3.63) is 28.2 Å². The van der Waals surface area contributed by atoms with E-state index < -0.39 is 6.10 Å². The topological polar surface area (TPSA) is 73.6 Å². The molecule has 21 heavy (non-hydrogen) atoms. The van der Waals surface area contributed by atoms with Crippen LogP contribution in [0.4, 0.5) is 0 Å². The summed E-state index contributed by atoms with van der Waals surface area (Å²) in [5.41, 5.74) is 6.66. The minimum Gasteiger partial charge on any atom is -0.480 e. The molecule has 0 aliphatic carbocycles. The zero-order valence-corrected chi connectivity index (χ0v) is 14.1. The van der Waals surface area contributed by atoms with Crippen LogP contribution in [0.2, 0.25) is 0 Å². The van der Waals surface area contributed by atoms with Gasteiger partial charge in [-0.15, -0.1) is 0 Å². The first-order chi connectivity index (χ1) is 10.1. The predicted octanol–water partition coefficient (Wildman–Crippen LogP) is 1.87. The number of amides is 1. The Balaban J connectivity index is 2.50. The van der Waals surface area contributed by atoms with Crippen LogP contribution in [-0.4, -0.2) is 38.8 Å². The first-order valence-corrected chi connectivity index (χ1v) is 7.79. The number of carbonyl (C=O) groups excluding carboxylic acids is 1. The number of methoxy groups -OCH3 is 1. The van der Waals surface area contributed by atoms with Crippen LogP contribution >= 0.6 is 15.9 Å². The second kappa shape index (κ2) is 9.76. The summed E-state index contributed by atoms with van der Waals surface area (Å²) >= 11 is 3.45. The zero-order chi connectivity index (χ0) is 15.7. The Bertz CT molecular complexity index is 455. The summed E-state index contributed by atoms with van der Waals surface area (Å²) in [5, 5.41) is 2.81. The molecule has 0 aliphatic heterocycles. The van der Waals surface area contributed by atoms with E-state index in [1.807, 2.05) is 18.2 Å². The molecule has 0 fully saturated rings. The van der Waals surface area contributed by atoms with E-state index in [1.54, 1.807) is 14.0 Å². The van der Waals surface area contributed by atoms with Crippen LogP contribution in [0.1, 0.15) is 18.9 Å². The van der Waals surface area contributed by atoms with E-state index >= 15 is 0 Å². The van der Waals surface area contributed by atoms with Gasteiger partial charge in [0.05, 0.1) is 4.47 Å². The Morgan fingerprint density at radius 1 is 1.48 bits per heavy atom. The molecule has 1 atom stereocenters. The lowest BCUT2D eigenvalue weighted by molar-refractivity contribution is -0.127. The standard InChI is InChI=1S/C15H23BrN2O3/c1-11(15(19)18-8-3-9-20-2)21-14-5-4-12(6-7-17)10-13(14)16/h4-5,10-11H,3,6-9,17H2,1-2H3,(H,18,19). The molecule has 1 rings (SSSR count). The predicted molar refractivity (Wildman–Crippen MR) is 86.5 cm³/mol. The van der Waals surface area contributed by atoms with Gasteiger partial charge < -0.3 is 20.5 Å². The molecule has 0 heterocycles. The van der Waals surface area contributed by atoms with E-state index in [4.69, 9.17) is 15.2 Å². The van der Waals surface area contributed by atoms with E-state index in [9.17, 15) is 4.79 Å². The van der Waals surface area contributed by atoms with Crippen LogP contribution in [0.3, 0.4) is 0 Å². The lowest BCUT2D eigenvalue weighted by Gasteiger charge is -2.16. The summed E-state index contributed by atoms with van der Waals surface area (Å²) in [6.45, 7) is 3.54. The average molecular weight is 359 g/mol. The number of hydrogen-bond acceptors (Lipinski definition) is 4. The molecule has 0 saturated heterocycles. The number of nitrogens with one attached hydrogen (secondary N) is 1. The first-order valence-electron chi connectivity index (χ1n) is 7.00. The van der Waals surface area contributed by atoms with E-state index in [2.05, 4.69) is 21.2 Å².